The number of aliphatic hydroxyl groups is 1. The molecule has 0 unspecified atom stereocenters. The Morgan fingerprint density at radius 3 is 2.70 bits per heavy atom. The predicted octanol–water partition coefficient (Wildman–Crippen LogP) is 2.89. The van der Waals surface area contributed by atoms with Gasteiger partial charge in [0, 0.05) is 38.4 Å². The lowest BCUT2D eigenvalue weighted by Crippen LogP contribution is -2.39. The average Bonchev–Trinajstić information content (AvgIpc) is 3.03. The maximum Gasteiger partial charge on any atom is 0.191 e. The first-order chi connectivity index (χ1) is 10.9. The zero-order chi connectivity index (χ0) is 15.9. The van der Waals surface area contributed by atoms with Crippen LogP contribution in [0.1, 0.15) is 31.4 Å². The van der Waals surface area contributed by atoms with E-state index in [2.05, 4.69) is 21.9 Å². The van der Waals surface area contributed by atoms with E-state index >= 15 is 0 Å². The lowest BCUT2D eigenvalue weighted by Gasteiger charge is -2.11. The van der Waals surface area contributed by atoms with Crippen LogP contribution in [0.15, 0.2) is 27.8 Å². The summed E-state index contributed by atoms with van der Waals surface area (Å²) in [6.07, 6.45) is 8.81. The highest BCUT2D eigenvalue weighted by Crippen LogP contribution is 2.00. The molecule has 5 nitrogen and oxygen atoms in total. The molecule has 0 aromatic carbocycles. The number of hydrogen-bond acceptors (Lipinski definition) is 4. The number of thioether (sulfide) groups is 1. The smallest absolute Gasteiger partial charge is 0.191 e. The first-order valence-electron chi connectivity index (χ1n) is 8.01. The summed E-state index contributed by atoms with van der Waals surface area (Å²) in [5, 5.41) is 15.4. The predicted molar refractivity (Wildman–Crippen MR) is 110 cm³/mol. The van der Waals surface area contributed by atoms with Crippen LogP contribution in [0.4, 0.5) is 0 Å². The number of guanidine groups is 1. The third kappa shape index (κ3) is 12.7. The summed E-state index contributed by atoms with van der Waals surface area (Å²) < 4.78 is 5.33. The van der Waals surface area contributed by atoms with Crippen molar-refractivity contribution < 1.29 is 9.52 Å². The molecule has 134 valence electrons. The van der Waals surface area contributed by atoms with E-state index in [9.17, 15) is 0 Å². The SMILES string of the molecule is CSCCNC(=NCCCCCCO)NCCc1ccco1.I. The van der Waals surface area contributed by atoms with Crippen molar-refractivity contribution in [2.75, 3.05) is 38.2 Å². The van der Waals surface area contributed by atoms with Crippen molar-refractivity contribution in [3.8, 4) is 0 Å². The molecule has 0 fully saturated rings. The molecule has 1 aromatic rings. The quantitative estimate of drug-likeness (QED) is 0.196. The standard InChI is InChI=1S/C16H29N3O2S.HI/c1-22-14-11-19-16(17-9-4-2-3-5-12-20)18-10-8-15-7-6-13-21-15;/h6-7,13,20H,2-5,8-12,14H2,1H3,(H2,17,18,19);1H. The van der Waals surface area contributed by atoms with Gasteiger partial charge in [-0.25, -0.2) is 0 Å². The Bertz CT molecular complexity index is 389. The average molecular weight is 455 g/mol. The van der Waals surface area contributed by atoms with Gasteiger partial charge < -0.3 is 20.2 Å². The molecule has 0 amide bonds. The molecule has 7 heteroatoms. The fraction of sp³-hybridized carbons (Fsp3) is 0.688. The van der Waals surface area contributed by atoms with Gasteiger partial charge in [0.25, 0.3) is 0 Å². The number of furan rings is 1. The molecule has 3 N–H and O–H groups in total. The molecule has 0 aliphatic rings. The van der Waals surface area contributed by atoms with Crippen molar-refractivity contribution in [2.24, 2.45) is 4.99 Å². The summed E-state index contributed by atoms with van der Waals surface area (Å²) >= 11 is 1.82. The molecule has 0 spiro atoms. The Hall–Kier alpha value is -0.410. The van der Waals surface area contributed by atoms with Crippen molar-refractivity contribution in [3.05, 3.63) is 24.2 Å². The van der Waals surface area contributed by atoms with Crippen molar-refractivity contribution in [3.63, 3.8) is 0 Å². The molecule has 1 aromatic heterocycles. The van der Waals surface area contributed by atoms with Gasteiger partial charge in [0.1, 0.15) is 5.76 Å². The number of unbranched alkanes of at least 4 members (excludes halogenated alkanes) is 3. The number of hydrogen-bond donors (Lipinski definition) is 3. The molecule has 0 bridgehead atoms. The Kier molecular flexibility index (Phi) is 16.2. The van der Waals surface area contributed by atoms with Crippen LogP contribution in [0, 0.1) is 0 Å². The highest BCUT2D eigenvalue weighted by atomic mass is 127. The fourth-order valence-electron chi connectivity index (χ4n) is 1.97. The number of nitrogens with zero attached hydrogens (tertiary/aromatic N) is 1. The minimum Gasteiger partial charge on any atom is -0.469 e. The molecule has 23 heavy (non-hydrogen) atoms. The molecule has 0 aliphatic carbocycles. The zero-order valence-corrected chi connectivity index (χ0v) is 17.1. The summed E-state index contributed by atoms with van der Waals surface area (Å²) in [5.41, 5.74) is 0. The number of nitrogens with one attached hydrogen (secondary N) is 2. The Balaban J connectivity index is 0.00000484. The van der Waals surface area contributed by atoms with Gasteiger partial charge >= 0.3 is 0 Å². The number of aliphatic imine (C=N–C) groups is 1. The maximum absolute atomic E-state index is 8.75. The van der Waals surface area contributed by atoms with Gasteiger partial charge in [-0.15, -0.1) is 24.0 Å². The topological polar surface area (TPSA) is 69.8 Å². The van der Waals surface area contributed by atoms with Crippen LogP contribution < -0.4 is 10.6 Å². The lowest BCUT2D eigenvalue weighted by molar-refractivity contribution is 0.282. The van der Waals surface area contributed by atoms with Crippen molar-refractivity contribution in [1.82, 2.24) is 10.6 Å². The van der Waals surface area contributed by atoms with Gasteiger partial charge in [-0.05, 0) is 31.2 Å². The Morgan fingerprint density at radius 2 is 2.00 bits per heavy atom. The second kappa shape index (κ2) is 16.4. The zero-order valence-electron chi connectivity index (χ0n) is 13.9. The monoisotopic (exact) mass is 455 g/mol. The van der Waals surface area contributed by atoms with E-state index in [0.29, 0.717) is 6.61 Å². The molecule has 1 heterocycles. The minimum atomic E-state index is 0. The molecule has 0 saturated heterocycles. The van der Waals surface area contributed by atoms with E-state index in [0.717, 1.165) is 69.2 Å². The largest absolute Gasteiger partial charge is 0.469 e. The van der Waals surface area contributed by atoms with E-state index in [1.54, 1.807) is 6.26 Å². The van der Waals surface area contributed by atoms with Gasteiger partial charge in [-0.1, -0.05) is 12.8 Å². The first kappa shape index (κ1) is 22.6. The van der Waals surface area contributed by atoms with Crippen LogP contribution in [0.5, 0.6) is 0 Å². The fourth-order valence-corrected chi connectivity index (χ4v) is 2.28. The Morgan fingerprint density at radius 1 is 1.22 bits per heavy atom. The number of aliphatic hydroxyl groups excluding tert-OH is 1. The van der Waals surface area contributed by atoms with Gasteiger partial charge in [-0.3, -0.25) is 4.99 Å². The van der Waals surface area contributed by atoms with E-state index in [4.69, 9.17) is 9.52 Å². The van der Waals surface area contributed by atoms with E-state index < -0.39 is 0 Å². The van der Waals surface area contributed by atoms with Crippen LogP contribution in [-0.2, 0) is 6.42 Å². The molecule has 1 rings (SSSR count). The molecule has 0 atom stereocenters. The third-order valence-electron chi connectivity index (χ3n) is 3.18. The number of rotatable bonds is 12. The Labute approximate surface area is 161 Å². The molecular formula is C16H30IN3O2S. The summed E-state index contributed by atoms with van der Waals surface area (Å²) in [6.45, 7) is 2.83. The molecule has 0 aliphatic heterocycles. The summed E-state index contributed by atoms with van der Waals surface area (Å²) in [6, 6.07) is 3.90. The minimum absolute atomic E-state index is 0. The van der Waals surface area contributed by atoms with Gasteiger partial charge in [0.05, 0.1) is 6.26 Å². The maximum atomic E-state index is 8.75. The molecule has 0 saturated carbocycles. The van der Waals surface area contributed by atoms with Crippen LogP contribution in [0.25, 0.3) is 0 Å². The third-order valence-corrected chi connectivity index (χ3v) is 3.79. The normalized spacial score (nSPS) is 11.1. The lowest BCUT2D eigenvalue weighted by atomic mass is 10.2. The van der Waals surface area contributed by atoms with E-state index in [1.165, 1.54) is 0 Å². The van der Waals surface area contributed by atoms with Crippen LogP contribution in [0.3, 0.4) is 0 Å². The molecule has 0 radical (unpaired) electrons. The second-order valence-electron chi connectivity index (χ2n) is 5.04. The van der Waals surface area contributed by atoms with Crippen LogP contribution in [-0.4, -0.2) is 49.3 Å². The van der Waals surface area contributed by atoms with Crippen LogP contribution in [0.2, 0.25) is 0 Å². The first-order valence-corrected chi connectivity index (χ1v) is 9.40. The van der Waals surface area contributed by atoms with Crippen molar-refractivity contribution in [1.29, 1.82) is 0 Å². The number of halogens is 1. The van der Waals surface area contributed by atoms with Crippen LogP contribution >= 0.6 is 35.7 Å². The van der Waals surface area contributed by atoms with E-state index in [1.807, 2.05) is 23.9 Å². The molecular weight excluding hydrogens is 425 g/mol. The van der Waals surface area contributed by atoms with Crippen molar-refractivity contribution in [2.45, 2.75) is 32.1 Å². The van der Waals surface area contributed by atoms with Crippen molar-refractivity contribution >= 4 is 41.7 Å². The highest BCUT2D eigenvalue weighted by molar-refractivity contribution is 14.0. The highest BCUT2D eigenvalue weighted by Gasteiger charge is 2.00. The summed E-state index contributed by atoms with van der Waals surface area (Å²) in [5.74, 6) is 2.93. The van der Waals surface area contributed by atoms with Gasteiger partial charge in [-0.2, -0.15) is 11.8 Å². The summed E-state index contributed by atoms with van der Waals surface area (Å²) in [4.78, 5) is 4.60. The van der Waals surface area contributed by atoms with Gasteiger partial charge in [0.15, 0.2) is 5.96 Å². The van der Waals surface area contributed by atoms with Gasteiger partial charge in [0.2, 0.25) is 0 Å². The second-order valence-corrected chi connectivity index (χ2v) is 6.03. The summed E-state index contributed by atoms with van der Waals surface area (Å²) in [7, 11) is 0. The van der Waals surface area contributed by atoms with E-state index in [-0.39, 0.29) is 24.0 Å².